The summed E-state index contributed by atoms with van der Waals surface area (Å²) in [5.74, 6) is -5.61. The number of rotatable bonds is 22. The molecule has 0 aromatic rings. The van der Waals surface area contributed by atoms with E-state index in [2.05, 4.69) is 31.3 Å². The number of hydrogen-bond donors (Lipinski definition) is 6. The SMILES string of the molecule is CC(=O)N[C@@H](CCC(=O)O)C(=O)N[C@H](CC(C)C)C(=O)N[C@@H](CC(=O)O)C(=O)NCCOCCOCCN=[N+]=[N-]. The van der Waals surface area contributed by atoms with E-state index >= 15 is 0 Å². The molecule has 0 aliphatic heterocycles. The lowest BCUT2D eigenvalue weighted by molar-refractivity contribution is -0.141. The van der Waals surface area contributed by atoms with Crippen molar-refractivity contribution < 1.29 is 48.5 Å². The Bertz CT molecular complexity index is 908. The van der Waals surface area contributed by atoms with E-state index in [1.165, 1.54) is 0 Å². The smallest absolute Gasteiger partial charge is 0.305 e. The zero-order valence-corrected chi connectivity index (χ0v) is 22.9. The summed E-state index contributed by atoms with van der Waals surface area (Å²) in [5.41, 5.74) is 8.16. The Morgan fingerprint density at radius 2 is 1.43 bits per heavy atom. The molecule has 0 aromatic carbocycles. The summed E-state index contributed by atoms with van der Waals surface area (Å²) >= 11 is 0. The molecule has 4 amide bonds. The van der Waals surface area contributed by atoms with Gasteiger partial charge >= 0.3 is 11.9 Å². The number of carbonyl (C=O) groups is 6. The zero-order chi connectivity index (χ0) is 30.5. The molecular weight excluding hydrogens is 534 g/mol. The molecule has 0 rings (SSSR count). The van der Waals surface area contributed by atoms with Gasteiger partial charge < -0.3 is 41.0 Å². The van der Waals surface area contributed by atoms with Crippen LogP contribution in [0.4, 0.5) is 0 Å². The van der Waals surface area contributed by atoms with Crippen molar-refractivity contribution in [2.75, 3.05) is 39.5 Å². The summed E-state index contributed by atoms with van der Waals surface area (Å²) in [7, 11) is 0. The molecule has 0 saturated carbocycles. The molecule has 0 fully saturated rings. The van der Waals surface area contributed by atoms with Crippen molar-refractivity contribution >= 4 is 35.6 Å². The van der Waals surface area contributed by atoms with Gasteiger partial charge in [0.15, 0.2) is 0 Å². The van der Waals surface area contributed by atoms with Crippen molar-refractivity contribution in [1.82, 2.24) is 21.3 Å². The second kappa shape index (κ2) is 20.9. The van der Waals surface area contributed by atoms with Gasteiger partial charge in [-0.2, -0.15) is 0 Å². The van der Waals surface area contributed by atoms with Crippen LogP contribution in [0, 0.1) is 5.92 Å². The monoisotopic (exact) mass is 573 g/mol. The highest BCUT2D eigenvalue weighted by Gasteiger charge is 2.31. The van der Waals surface area contributed by atoms with Gasteiger partial charge in [-0.3, -0.25) is 28.8 Å². The summed E-state index contributed by atoms with van der Waals surface area (Å²) in [6.07, 6.45) is -1.24. The largest absolute Gasteiger partial charge is 0.481 e. The molecule has 0 radical (unpaired) electrons. The van der Waals surface area contributed by atoms with E-state index in [1.54, 1.807) is 13.8 Å². The first kappa shape index (κ1) is 36.0. The zero-order valence-electron chi connectivity index (χ0n) is 22.9. The maximum Gasteiger partial charge on any atom is 0.305 e. The van der Waals surface area contributed by atoms with Crippen molar-refractivity contribution in [3.05, 3.63) is 10.4 Å². The first-order valence-corrected chi connectivity index (χ1v) is 12.6. The van der Waals surface area contributed by atoms with Gasteiger partial charge in [-0.25, -0.2) is 0 Å². The van der Waals surface area contributed by atoms with Crippen molar-refractivity contribution in [2.24, 2.45) is 11.0 Å². The van der Waals surface area contributed by atoms with E-state index in [-0.39, 0.29) is 58.3 Å². The third-order valence-electron chi connectivity index (χ3n) is 5.01. The average molecular weight is 574 g/mol. The van der Waals surface area contributed by atoms with Gasteiger partial charge in [0, 0.05) is 31.3 Å². The Labute approximate surface area is 231 Å². The highest BCUT2D eigenvalue weighted by Crippen LogP contribution is 2.08. The van der Waals surface area contributed by atoms with Crippen molar-refractivity contribution in [2.45, 2.75) is 64.6 Å². The second-order valence-corrected chi connectivity index (χ2v) is 9.01. The molecule has 17 heteroatoms. The molecule has 17 nitrogen and oxygen atoms in total. The number of aliphatic carboxylic acids is 2. The minimum atomic E-state index is -1.46. The second-order valence-electron chi connectivity index (χ2n) is 9.01. The molecule has 0 saturated heterocycles. The van der Waals surface area contributed by atoms with E-state index in [4.69, 9.17) is 20.1 Å². The summed E-state index contributed by atoms with van der Waals surface area (Å²) < 4.78 is 10.4. The van der Waals surface area contributed by atoms with E-state index in [0.29, 0.717) is 0 Å². The maximum absolute atomic E-state index is 13.0. The topological polar surface area (TPSA) is 258 Å². The summed E-state index contributed by atoms with van der Waals surface area (Å²) in [4.78, 5) is 74.7. The molecule has 0 aliphatic carbocycles. The number of carboxylic acid groups (broad SMARTS) is 2. The van der Waals surface area contributed by atoms with Crippen LogP contribution in [-0.2, 0) is 38.2 Å². The van der Waals surface area contributed by atoms with Gasteiger partial charge in [-0.15, -0.1) is 0 Å². The molecule has 226 valence electrons. The Kier molecular flexibility index (Phi) is 18.9. The first-order chi connectivity index (χ1) is 18.9. The molecule has 0 unspecified atom stereocenters. The standard InChI is InChI=1S/C23H39N7O10/c1-14(2)12-17(28-22(37)16(27-15(3)31)4-5-19(32)33)23(38)29-18(13-20(34)35)21(36)25-6-8-39-10-11-40-9-7-26-30-24/h14,16-18H,4-13H2,1-3H3,(H,25,36)(H,27,31)(H,28,37)(H,29,38)(H,32,33)(H,34,35)/t16-,17+,18-/m0/s1. The van der Waals surface area contributed by atoms with Gasteiger partial charge in [0.25, 0.3) is 0 Å². The van der Waals surface area contributed by atoms with Gasteiger partial charge in [0.05, 0.1) is 32.8 Å². The number of amides is 4. The normalized spacial score (nSPS) is 12.8. The van der Waals surface area contributed by atoms with Crippen LogP contribution in [0.2, 0.25) is 0 Å². The number of ether oxygens (including phenoxy) is 2. The van der Waals surface area contributed by atoms with Crippen LogP contribution in [-0.4, -0.2) is 103 Å². The molecular formula is C23H39N7O10. The fourth-order valence-electron chi connectivity index (χ4n) is 3.26. The fourth-order valence-corrected chi connectivity index (χ4v) is 3.26. The summed E-state index contributed by atoms with van der Waals surface area (Å²) in [6, 6.07) is -3.87. The molecule has 0 bridgehead atoms. The molecule has 0 spiro atoms. The Morgan fingerprint density at radius 1 is 0.825 bits per heavy atom. The Morgan fingerprint density at radius 3 is 1.98 bits per heavy atom. The molecule has 40 heavy (non-hydrogen) atoms. The number of azide groups is 1. The van der Waals surface area contributed by atoms with Crippen LogP contribution in [0.3, 0.4) is 0 Å². The molecule has 0 heterocycles. The van der Waals surface area contributed by atoms with Crippen LogP contribution in [0.1, 0.15) is 46.5 Å². The third-order valence-corrected chi connectivity index (χ3v) is 5.01. The average Bonchev–Trinajstić information content (AvgIpc) is 2.85. The first-order valence-electron chi connectivity index (χ1n) is 12.6. The molecule has 6 N–H and O–H groups in total. The summed E-state index contributed by atoms with van der Waals surface area (Å²) in [6.45, 7) is 5.63. The molecule has 0 aliphatic rings. The van der Waals surface area contributed by atoms with Crippen molar-refractivity contribution in [3.8, 4) is 0 Å². The Balaban J connectivity index is 5.11. The highest BCUT2D eigenvalue weighted by atomic mass is 16.5. The Hall–Kier alpha value is -3.95. The number of nitrogens with zero attached hydrogens (tertiary/aromatic N) is 3. The lowest BCUT2D eigenvalue weighted by atomic mass is 10.0. The fraction of sp³-hybridized carbons (Fsp3) is 0.739. The minimum absolute atomic E-state index is 0.0116. The molecule has 0 aromatic heterocycles. The third kappa shape index (κ3) is 18.3. The summed E-state index contributed by atoms with van der Waals surface area (Å²) in [5, 5.41) is 31.1. The lowest BCUT2D eigenvalue weighted by Crippen LogP contribution is -2.57. The number of nitrogens with one attached hydrogen (secondary N) is 4. The van der Waals surface area contributed by atoms with Crippen LogP contribution in [0.15, 0.2) is 5.11 Å². The highest BCUT2D eigenvalue weighted by molar-refractivity contribution is 5.95. The number of hydrogen-bond acceptors (Lipinski definition) is 9. The molecule has 3 atom stereocenters. The predicted molar refractivity (Wildman–Crippen MR) is 139 cm³/mol. The van der Waals surface area contributed by atoms with Crippen LogP contribution < -0.4 is 21.3 Å². The van der Waals surface area contributed by atoms with Gasteiger partial charge in [0.1, 0.15) is 18.1 Å². The van der Waals surface area contributed by atoms with Crippen molar-refractivity contribution in [1.29, 1.82) is 0 Å². The van der Waals surface area contributed by atoms with E-state index < -0.39 is 66.5 Å². The van der Waals surface area contributed by atoms with E-state index in [0.717, 1.165) is 6.92 Å². The van der Waals surface area contributed by atoms with Gasteiger partial charge in [0.2, 0.25) is 23.6 Å². The van der Waals surface area contributed by atoms with Crippen LogP contribution in [0.25, 0.3) is 10.4 Å². The van der Waals surface area contributed by atoms with Crippen molar-refractivity contribution in [3.63, 3.8) is 0 Å². The lowest BCUT2D eigenvalue weighted by Gasteiger charge is -2.25. The van der Waals surface area contributed by atoms with E-state index in [9.17, 15) is 33.9 Å². The van der Waals surface area contributed by atoms with E-state index in [1.807, 2.05) is 0 Å². The number of carbonyl (C=O) groups excluding carboxylic acids is 4. The predicted octanol–water partition coefficient (Wildman–Crippen LogP) is -0.694. The van der Waals surface area contributed by atoms with Gasteiger partial charge in [-0.05, 0) is 24.3 Å². The van der Waals surface area contributed by atoms with Crippen LogP contribution in [0.5, 0.6) is 0 Å². The minimum Gasteiger partial charge on any atom is -0.481 e. The quantitative estimate of drug-likeness (QED) is 0.0411. The van der Waals surface area contributed by atoms with Crippen LogP contribution >= 0.6 is 0 Å². The number of carboxylic acids is 2. The van der Waals surface area contributed by atoms with Gasteiger partial charge in [-0.1, -0.05) is 19.0 Å². The maximum atomic E-state index is 13.0.